The van der Waals surface area contributed by atoms with Gasteiger partial charge in [0.1, 0.15) is 5.69 Å². The first-order valence-electron chi connectivity index (χ1n) is 15.4. The van der Waals surface area contributed by atoms with Crippen LogP contribution in [0.4, 0.5) is 5.69 Å². The fourth-order valence-corrected chi connectivity index (χ4v) is 10.6. The van der Waals surface area contributed by atoms with Gasteiger partial charge in [-0.15, -0.1) is 0 Å². The highest BCUT2D eigenvalue weighted by molar-refractivity contribution is 6.99. The van der Waals surface area contributed by atoms with Crippen LogP contribution >= 0.6 is 11.6 Å². The third-order valence-electron chi connectivity index (χ3n) is 8.27. The van der Waals surface area contributed by atoms with Crippen LogP contribution < -0.4 is 15.7 Å². The number of carbonyl (C=O) groups excluding carboxylic acids is 1. The smallest absolute Gasteiger partial charge is 0.261 e. The third-order valence-corrected chi connectivity index (χ3v) is 13.6. The molecule has 0 saturated heterocycles. The molecular formula is C39H35ClN4O2Si. The van der Waals surface area contributed by atoms with E-state index in [0.717, 1.165) is 22.3 Å². The summed E-state index contributed by atoms with van der Waals surface area (Å²) in [7, 11) is -2.74. The van der Waals surface area contributed by atoms with Gasteiger partial charge in [0.25, 0.3) is 14.2 Å². The summed E-state index contributed by atoms with van der Waals surface area (Å²) in [5.41, 5.74) is 5.05. The number of fused-ring (bicyclic) bond motifs is 1. The standard InChI is InChI=1S/C39H35ClN4O2Si/c1-28-17-18-30(24-29(28)20-22-33-26-41-37-16-11-23-42-44(33)37)38(45)43-32-21-19-31(36(40)25-32)27-46-47(39(2,3)4,34-12-7-5-8-13-34)35-14-9-6-10-15-35/h5-19,21,23-26H,27H2,1-4H3,(H,43,45). The summed E-state index contributed by atoms with van der Waals surface area (Å²) in [6.45, 7) is 9.05. The van der Waals surface area contributed by atoms with Gasteiger partial charge in [-0.3, -0.25) is 4.79 Å². The van der Waals surface area contributed by atoms with Crippen LogP contribution in [0.2, 0.25) is 10.1 Å². The lowest BCUT2D eigenvalue weighted by atomic mass is 10.0. The zero-order chi connectivity index (χ0) is 33.0. The summed E-state index contributed by atoms with van der Waals surface area (Å²) in [4.78, 5) is 17.7. The van der Waals surface area contributed by atoms with Crippen molar-refractivity contribution in [3.8, 4) is 11.8 Å². The Morgan fingerprint density at radius 2 is 1.60 bits per heavy atom. The molecule has 0 radical (unpaired) electrons. The second kappa shape index (κ2) is 13.4. The minimum absolute atomic E-state index is 0.156. The van der Waals surface area contributed by atoms with Crippen molar-refractivity contribution in [1.82, 2.24) is 14.6 Å². The maximum absolute atomic E-state index is 13.3. The number of nitrogens with zero attached hydrogens (tertiary/aromatic N) is 3. The molecule has 6 nitrogen and oxygen atoms in total. The molecule has 0 unspecified atom stereocenters. The second-order valence-electron chi connectivity index (χ2n) is 12.4. The van der Waals surface area contributed by atoms with Crippen LogP contribution in [-0.2, 0) is 11.0 Å². The van der Waals surface area contributed by atoms with Gasteiger partial charge in [-0.1, -0.05) is 111 Å². The summed E-state index contributed by atoms with van der Waals surface area (Å²) >= 11 is 6.83. The molecule has 0 atom stereocenters. The molecule has 6 aromatic rings. The average molecular weight is 655 g/mol. The highest BCUT2D eigenvalue weighted by Gasteiger charge is 2.50. The molecule has 6 rings (SSSR count). The molecule has 1 amide bonds. The van der Waals surface area contributed by atoms with Crippen molar-refractivity contribution in [2.24, 2.45) is 0 Å². The van der Waals surface area contributed by atoms with Gasteiger partial charge in [0, 0.05) is 28.0 Å². The molecule has 0 aliphatic rings. The van der Waals surface area contributed by atoms with Gasteiger partial charge >= 0.3 is 0 Å². The number of aromatic nitrogens is 3. The number of imidazole rings is 1. The van der Waals surface area contributed by atoms with Crippen molar-refractivity contribution in [3.05, 3.63) is 155 Å². The molecule has 234 valence electrons. The van der Waals surface area contributed by atoms with Crippen LogP contribution in [0, 0.1) is 18.8 Å². The molecule has 4 aromatic carbocycles. The van der Waals surface area contributed by atoms with Crippen LogP contribution in [0.15, 0.2) is 122 Å². The Kier molecular flexibility index (Phi) is 9.10. The normalized spacial score (nSPS) is 11.6. The Morgan fingerprint density at radius 3 is 2.26 bits per heavy atom. The fourth-order valence-electron chi connectivity index (χ4n) is 5.84. The summed E-state index contributed by atoms with van der Waals surface area (Å²) in [5.74, 6) is 6.06. The quantitative estimate of drug-likeness (QED) is 0.144. The zero-order valence-electron chi connectivity index (χ0n) is 26.8. The lowest BCUT2D eigenvalue weighted by Crippen LogP contribution is -2.66. The van der Waals surface area contributed by atoms with E-state index in [9.17, 15) is 4.79 Å². The van der Waals surface area contributed by atoms with E-state index in [1.165, 1.54) is 10.4 Å². The van der Waals surface area contributed by atoms with E-state index >= 15 is 0 Å². The van der Waals surface area contributed by atoms with Crippen LogP contribution in [0.3, 0.4) is 0 Å². The Labute approximate surface area is 281 Å². The Morgan fingerprint density at radius 1 is 0.894 bits per heavy atom. The zero-order valence-corrected chi connectivity index (χ0v) is 28.5. The number of anilines is 1. The van der Waals surface area contributed by atoms with Crippen molar-refractivity contribution in [1.29, 1.82) is 0 Å². The SMILES string of the molecule is Cc1ccc(C(=O)Nc2ccc(CO[Si](c3ccccc3)(c3ccccc3)C(C)(C)C)c(Cl)c2)cc1C#Cc1cnc2cccnn12. The molecule has 2 heterocycles. The van der Waals surface area contributed by atoms with E-state index < -0.39 is 8.32 Å². The lowest BCUT2D eigenvalue weighted by Gasteiger charge is -2.43. The summed E-state index contributed by atoms with van der Waals surface area (Å²) < 4.78 is 8.75. The van der Waals surface area contributed by atoms with E-state index in [1.54, 1.807) is 35.1 Å². The molecule has 1 N–H and O–H groups in total. The number of amides is 1. The number of nitrogens with one attached hydrogen (secondary N) is 1. The van der Waals surface area contributed by atoms with Gasteiger partial charge in [0.15, 0.2) is 5.65 Å². The molecule has 0 spiro atoms. The Balaban J connectivity index is 1.21. The number of aryl methyl sites for hydroxylation is 1. The predicted octanol–water partition coefficient (Wildman–Crippen LogP) is 7.42. The molecule has 8 heteroatoms. The van der Waals surface area contributed by atoms with Gasteiger partial charge in [0.2, 0.25) is 0 Å². The summed E-state index contributed by atoms with van der Waals surface area (Å²) in [5, 5.41) is 10.1. The number of rotatable bonds is 7. The van der Waals surface area contributed by atoms with E-state index in [2.05, 4.69) is 96.5 Å². The first kappa shape index (κ1) is 32.0. The topological polar surface area (TPSA) is 68.5 Å². The molecule has 0 aliphatic heterocycles. The fraction of sp³-hybridized carbons (Fsp3) is 0.154. The van der Waals surface area contributed by atoms with Crippen molar-refractivity contribution in [2.75, 3.05) is 5.32 Å². The van der Waals surface area contributed by atoms with Crippen LogP contribution in [-0.4, -0.2) is 28.8 Å². The average Bonchev–Trinajstić information content (AvgIpc) is 3.49. The van der Waals surface area contributed by atoms with Crippen molar-refractivity contribution >= 4 is 47.5 Å². The highest BCUT2D eigenvalue weighted by Crippen LogP contribution is 2.38. The highest BCUT2D eigenvalue weighted by atomic mass is 35.5. The Hall–Kier alpha value is -5.00. The molecular weight excluding hydrogens is 620 g/mol. The van der Waals surface area contributed by atoms with Crippen LogP contribution in [0.25, 0.3) is 5.65 Å². The molecule has 0 saturated carbocycles. The molecule has 0 aliphatic carbocycles. The number of halogens is 1. The maximum Gasteiger partial charge on any atom is 0.261 e. The van der Waals surface area contributed by atoms with E-state index in [-0.39, 0.29) is 10.9 Å². The second-order valence-corrected chi connectivity index (χ2v) is 17.1. The van der Waals surface area contributed by atoms with Crippen molar-refractivity contribution in [3.63, 3.8) is 0 Å². The first-order valence-corrected chi connectivity index (χ1v) is 17.7. The number of benzene rings is 4. The summed E-state index contributed by atoms with van der Waals surface area (Å²) in [6.07, 6.45) is 3.38. The van der Waals surface area contributed by atoms with Crippen LogP contribution in [0.5, 0.6) is 0 Å². The molecule has 47 heavy (non-hydrogen) atoms. The monoisotopic (exact) mass is 654 g/mol. The van der Waals surface area contributed by atoms with Gasteiger partial charge in [-0.25, -0.2) is 9.50 Å². The predicted molar refractivity (Wildman–Crippen MR) is 192 cm³/mol. The van der Waals surface area contributed by atoms with Crippen molar-refractivity contribution in [2.45, 2.75) is 39.3 Å². The molecule has 0 fully saturated rings. The minimum atomic E-state index is -2.74. The number of hydrogen-bond donors (Lipinski definition) is 1. The number of hydrogen-bond acceptors (Lipinski definition) is 4. The molecule has 0 bridgehead atoms. The van der Waals surface area contributed by atoms with Gasteiger partial charge in [-0.05, 0) is 75.8 Å². The number of carbonyl (C=O) groups is 1. The van der Waals surface area contributed by atoms with E-state index in [4.69, 9.17) is 16.0 Å². The maximum atomic E-state index is 13.3. The Bertz CT molecular complexity index is 2070. The van der Waals surface area contributed by atoms with Gasteiger partial charge in [-0.2, -0.15) is 5.10 Å². The van der Waals surface area contributed by atoms with E-state index in [1.807, 2.05) is 49.4 Å². The largest absolute Gasteiger partial charge is 0.403 e. The van der Waals surface area contributed by atoms with Crippen LogP contribution in [0.1, 0.15) is 53.5 Å². The lowest BCUT2D eigenvalue weighted by molar-refractivity contribution is 0.102. The first-order chi connectivity index (χ1) is 22.7. The molecule has 2 aromatic heterocycles. The van der Waals surface area contributed by atoms with E-state index in [0.29, 0.717) is 28.6 Å². The third kappa shape index (κ3) is 6.63. The summed E-state index contributed by atoms with van der Waals surface area (Å²) in [6, 6.07) is 35.8. The van der Waals surface area contributed by atoms with Gasteiger partial charge < -0.3 is 9.74 Å². The van der Waals surface area contributed by atoms with Crippen molar-refractivity contribution < 1.29 is 9.22 Å². The minimum Gasteiger partial charge on any atom is -0.403 e. The van der Waals surface area contributed by atoms with Gasteiger partial charge in [0.05, 0.1) is 12.8 Å².